The van der Waals surface area contributed by atoms with Crippen LogP contribution in [-0.2, 0) is 14.0 Å². The number of nitrogens with zero attached hydrogens (tertiary/aromatic N) is 1. The van der Waals surface area contributed by atoms with Crippen LogP contribution < -0.4 is 10.1 Å². The van der Waals surface area contributed by atoms with Gasteiger partial charge >= 0.3 is 0 Å². The zero-order valence-corrected chi connectivity index (χ0v) is 21.6. The second-order valence-corrected chi connectivity index (χ2v) is 15.7. The zero-order chi connectivity index (χ0) is 24.2. The molecule has 8 heteroatoms. The Labute approximate surface area is 192 Å². The van der Waals surface area contributed by atoms with E-state index < -0.39 is 31.9 Å². The molecule has 0 aliphatic carbocycles. The third kappa shape index (κ3) is 4.10. The van der Waals surface area contributed by atoms with E-state index in [2.05, 4.69) is 39.2 Å². The van der Waals surface area contributed by atoms with Crippen molar-refractivity contribution < 1.29 is 23.5 Å². The summed E-state index contributed by atoms with van der Waals surface area (Å²) in [5.74, 6) is -1.47. The average Bonchev–Trinajstić information content (AvgIpc) is 2.63. The summed E-state index contributed by atoms with van der Waals surface area (Å²) in [4.78, 5) is 40.4. The van der Waals surface area contributed by atoms with Crippen molar-refractivity contribution >= 4 is 26.0 Å². The molecule has 0 bridgehead atoms. The van der Waals surface area contributed by atoms with Gasteiger partial charge in [-0.2, -0.15) is 0 Å². The highest BCUT2D eigenvalue weighted by Crippen LogP contribution is 2.40. The first-order valence-electron chi connectivity index (χ1n) is 11.2. The van der Waals surface area contributed by atoms with Gasteiger partial charge in [-0.3, -0.25) is 14.4 Å². The Bertz CT molecular complexity index is 937. The molecule has 1 fully saturated rings. The molecule has 3 rings (SSSR count). The van der Waals surface area contributed by atoms with Crippen molar-refractivity contribution in [2.75, 3.05) is 0 Å². The van der Waals surface area contributed by atoms with Gasteiger partial charge < -0.3 is 14.5 Å². The SMILES string of the molecule is CC(C(=O)N1C(=O)c2ccccc2OC1(C)C)[C@H]1NC(=O)[C@@H]1C(C)O[Si](C)(C)C(C)(C)C. The van der Waals surface area contributed by atoms with Crippen LogP contribution in [0.15, 0.2) is 24.3 Å². The predicted octanol–water partition coefficient (Wildman–Crippen LogP) is 3.94. The van der Waals surface area contributed by atoms with Crippen molar-refractivity contribution in [2.45, 2.75) is 84.5 Å². The average molecular weight is 461 g/mol. The van der Waals surface area contributed by atoms with E-state index >= 15 is 0 Å². The molecule has 2 aliphatic rings. The maximum absolute atomic E-state index is 13.5. The lowest BCUT2D eigenvalue weighted by Gasteiger charge is -2.48. The van der Waals surface area contributed by atoms with Gasteiger partial charge in [0.25, 0.3) is 5.91 Å². The quantitative estimate of drug-likeness (QED) is 0.531. The molecule has 0 aromatic heterocycles. The summed E-state index contributed by atoms with van der Waals surface area (Å²) in [5, 5.41) is 2.88. The van der Waals surface area contributed by atoms with Gasteiger partial charge in [-0.15, -0.1) is 0 Å². The Hall–Kier alpha value is -2.19. The fourth-order valence-corrected chi connectivity index (χ4v) is 5.64. The van der Waals surface area contributed by atoms with Crippen LogP contribution in [0, 0.1) is 11.8 Å². The number of hydrogen-bond donors (Lipinski definition) is 1. The Morgan fingerprint density at radius 3 is 2.34 bits per heavy atom. The van der Waals surface area contributed by atoms with E-state index in [0.717, 1.165) is 0 Å². The van der Waals surface area contributed by atoms with E-state index in [4.69, 9.17) is 9.16 Å². The number of fused-ring (bicyclic) bond motifs is 1. The van der Waals surface area contributed by atoms with Crippen LogP contribution in [0.4, 0.5) is 0 Å². The van der Waals surface area contributed by atoms with Gasteiger partial charge in [-0.1, -0.05) is 39.8 Å². The molecule has 1 aromatic rings. The molecule has 2 aliphatic heterocycles. The van der Waals surface area contributed by atoms with Crippen molar-refractivity contribution in [1.29, 1.82) is 0 Å². The number of carbonyl (C=O) groups is 3. The van der Waals surface area contributed by atoms with Crippen molar-refractivity contribution in [3.05, 3.63) is 29.8 Å². The lowest BCUT2D eigenvalue weighted by molar-refractivity contribution is -0.154. The summed E-state index contributed by atoms with van der Waals surface area (Å²) in [6, 6.07) is 6.51. The van der Waals surface area contributed by atoms with Crippen molar-refractivity contribution in [3.8, 4) is 5.75 Å². The van der Waals surface area contributed by atoms with E-state index in [-0.39, 0.29) is 28.9 Å². The van der Waals surface area contributed by atoms with Crippen LogP contribution in [0.2, 0.25) is 18.1 Å². The predicted molar refractivity (Wildman–Crippen MR) is 125 cm³/mol. The molecule has 4 atom stereocenters. The fourth-order valence-electron chi connectivity index (χ4n) is 4.21. The van der Waals surface area contributed by atoms with Gasteiger partial charge in [0.2, 0.25) is 11.8 Å². The molecule has 0 spiro atoms. The van der Waals surface area contributed by atoms with Crippen molar-refractivity contribution in [1.82, 2.24) is 10.2 Å². The monoisotopic (exact) mass is 460 g/mol. The second kappa shape index (κ2) is 7.99. The minimum atomic E-state index is -2.09. The van der Waals surface area contributed by atoms with Crippen LogP contribution in [0.1, 0.15) is 58.8 Å². The summed E-state index contributed by atoms with van der Waals surface area (Å²) in [7, 11) is -2.09. The number of β-lactam (4-membered cyclic amide) rings is 1. The number of amides is 3. The van der Waals surface area contributed by atoms with Crippen LogP contribution in [0.5, 0.6) is 5.75 Å². The number of benzene rings is 1. The molecule has 2 heterocycles. The highest BCUT2D eigenvalue weighted by atomic mass is 28.4. The van der Waals surface area contributed by atoms with Gasteiger partial charge in [-0.25, -0.2) is 4.90 Å². The molecule has 176 valence electrons. The first-order valence-corrected chi connectivity index (χ1v) is 14.1. The van der Waals surface area contributed by atoms with Crippen LogP contribution in [0.25, 0.3) is 0 Å². The molecule has 1 aromatic carbocycles. The summed E-state index contributed by atoms with van der Waals surface area (Å²) < 4.78 is 12.4. The molecule has 1 N–H and O–H groups in total. The minimum Gasteiger partial charge on any atom is -0.467 e. The minimum absolute atomic E-state index is 0.00733. The zero-order valence-electron chi connectivity index (χ0n) is 20.6. The highest BCUT2D eigenvalue weighted by Gasteiger charge is 2.53. The van der Waals surface area contributed by atoms with E-state index in [0.29, 0.717) is 11.3 Å². The van der Waals surface area contributed by atoms with E-state index in [1.807, 2.05) is 6.92 Å². The Kier molecular flexibility index (Phi) is 6.10. The normalized spacial score (nSPS) is 24.6. The van der Waals surface area contributed by atoms with E-state index in [1.165, 1.54) is 4.90 Å². The molecule has 0 saturated carbocycles. The number of rotatable bonds is 5. The number of carbonyl (C=O) groups excluding carboxylic acids is 3. The number of hydrogen-bond acceptors (Lipinski definition) is 5. The third-order valence-corrected chi connectivity index (χ3v) is 11.7. The lowest BCUT2D eigenvalue weighted by Crippen LogP contribution is -2.69. The summed E-state index contributed by atoms with van der Waals surface area (Å²) in [5.41, 5.74) is -0.778. The molecule has 3 amide bonds. The topological polar surface area (TPSA) is 84.9 Å². The molecule has 1 saturated heterocycles. The van der Waals surface area contributed by atoms with E-state index in [9.17, 15) is 14.4 Å². The number of imide groups is 1. The number of para-hydroxylation sites is 1. The van der Waals surface area contributed by atoms with Gasteiger partial charge in [0, 0.05) is 0 Å². The molecule has 32 heavy (non-hydrogen) atoms. The van der Waals surface area contributed by atoms with Gasteiger partial charge in [0.1, 0.15) is 5.75 Å². The first kappa shape index (κ1) is 24.4. The smallest absolute Gasteiger partial charge is 0.267 e. The Morgan fingerprint density at radius 2 is 1.78 bits per heavy atom. The Balaban J connectivity index is 1.81. The largest absolute Gasteiger partial charge is 0.467 e. The van der Waals surface area contributed by atoms with Crippen molar-refractivity contribution in [2.24, 2.45) is 11.8 Å². The summed E-state index contributed by atoms with van der Waals surface area (Å²) in [6.45, 7) is 17.8. The van der Waals surface area contributed by atoms with Crippen LogP contribution >= 0.6 is 0 Å². The van der Waals surface area contributed by atoms with Gasteiger partial charge in [0.15, 0.2) is 14.0 Å². The maximum Gasteiger partial charge on any atom is 0.267 e. The molecular weight excluding hydrogens is 424 g/mol. The summed E-state index contributed by atoms with van der Waals surface area (Å²) in [6.07, 6.45) is -0.327. The van der Waals surface area contributed by atoms with Crippen LogP contribution in [-0.4, -0.2) is 48.8 Å². The maximum atomic E-state index is 13.5. The first-order chi connectivity index (χ1) is 14.6. The van der Waals surface area contributed by atoms with Crippen LogP contribution in [0.3, 0.4) is 0 Å². The fraction of sp³-hybridized carbons (Fsp3) is 0.625. The molecule has 7 nitrogen and oxygen atoms in total. The summed E-state index contributed by atoms with van der Waals surface area (Å²) >= 11 is 0. The molecule has 2 unspecified atom stereocenters. The number of nitrogens with one attached hydrogen (secondary N) is 1. The highest BCUT2D eigenvalue weighted by molar-refractivity contribution is 6.74. The van der Waals surface area contributed by atoms with E-state index in [1.54, 1.807) is 45.0 Å². The third-order valence-electron chi connectivity index (χ3n) is 7.16. The Morgan fingerprint density at radius 1 is 1.19 bits per heavy atom. The van der Waals surface area contributed by atoms with Crippen molar-refractivity contribution in [3.63, 3.8) is 0 Å². The van der Waals surface area contributed by atoms with Gasteiger partial charge in [-0.05, 0) is 51.0 Å². The molecular formula is C24H36N2O5Si. The lowest BCUT2D eigenvalue weighted by atomic mass is 9.78. The molecule has 0 radical (unpaired) electrons. The standard InChI is InChI=1S/C24H36N2O5Si/c1-14(19-18(20(27)25-19)15(2)31-32(8,9)23(3,4)5)21(28)26-22(29)16-12-10-11-13-17(16)30-24(26,6)7/h10-15,18-19H,1-9H3,(H,25,27)/t14?,15?,18-,19-/m1/s1. The van der Waals surface area contributed by atoms with Gasteiger partial charge in [0.05, 0.1) is 29.5 Å². The second-order valence-electron chi connectivity index (χ2n) is 11.0. The number of ether oxygens (including phenoxy) is 1.